The Morgan fingerprint density at radius 1 is 1.09 bits per heavy atom. The van der Waals surface area contributed by atoms with Crippen molar-refractivity contribution in [3.05, 3.63) is 24.3 Å². The molecule has 4 heterocycles. The second-order valence-corrected chi connectivity index (χ2v) is 10.1. The summed E-state index contributed by atoms with van der Waals surface area (Å²) in [5, 5.41) is 9.02. The van der Waals surface area contributed by atoms with Crippen molar-refractivity contribution in [3.8, 4) is 0 Å². The first kappa shape index (κ1) is 23.0. The van der Waals surface area contributed by atoms with Gasteiger partial charge >= 0.3 is 5.97 Å². The van der Waals surface area contributed by atoms with E-state index < -0.39 is 41.1 Å². The number of fused-ring (bicyclic) bond motifs is 2. The van der Waals surface area contributed by atoms with Gasteiger partial charge in [-0.2, -0.15) is 0 Å². The van der Waals surface area contributed by atoms with Gasteiger partial charge in [0.05, 0.1) is 12.0 Å². The SMILES string of the molecule is CC(C)(C)N1CC=C[C@]23O[C@H]4C=CCOC(=O)[C@H]4[C@H]2C(=O)N(CCCCCCO)C3C1=O. The molecule has 0 radical (unpaired) electrons. The van der Waals surface area contributed by atoms with Gasteiger partial charge in [0.25, 0.3) is 0 Å². The summed E-state index contributed by atoms with van der Waals surface area (Å²) in [5.41, 5.74) is -1.61. The van der Waals surface area contributed by atoms with Crippen LogP contribution < -0.4 is 0 Å². The minimum atomic E-state index is -1.19. The molecule has 8 heteroatoms. The quantitative estimate of drug-likeness (QED) is 0.377. The molecule has 0 bridgehead atoms. The number of rotatable bonds is 6. The first-order valence-electron chi connectivity index (χ1n) is 11.6. The van der Waals surface area contributed by atoms with Gasteiger partial charge < -0.3 is 24.4 Å². The first-order chi connectivity index (χ1) is 15.2. The molecule has 0 aromatic heterocycles. The molecule has 4 aliphatic rings. The summed E-state index contributed by atoms with van der Waals surface area (Å²) in [6.45, 7) is 7.07. The molecule has 0 saturated carbocycles. The van der Waals surface area contributed by atoms with Gasteiger partial charge in [0.2, 0.25) is 11.8 Å². The van der Waals surface area contributed by atoms with Gasteiger partial charge in [-0.1, -0.05) is 31.1 Å². The smallest absolute Gasteiger partial charge is 0.313 e. The second kappa shape index (κ2) is 8.63. The van der Waals surface area contributed by atoms with Crippen molar-refractivity contribution in [2.75, 3.05) is 26.3 Å². The highest BCUT2D eigenvalue weighted by Crippen LogP contribution is 2.53. The normalized spacial score (nSPS) is 34.2. The van der Waals surface area contributed by atoms with E-state index in [1.807, 2.05) is 32.9 Å². The Hall–Kier alpha value is -2.19. The number of cyclic esters (lactones) is 1. The second-order valence-electron chi connectivity index (χ2n) is 10.1. The summed E-state index contributed by atoms with van der Waals surface area (Å²) in [5.74, 6) is -2.36. The number of carbonyl (C=O) groups excluding carboxylic acids is 3. The molecule has 1 spiro atoms. The monoisotopic (exact) mass is 446 g/mol. The minimum absolute atomic E-state index is 0.146. The van der Waals surface area contributed by atoms with Gasteiger partial charge in [0.1, 0.15) is 24.2 Å². The molecule has 2 fully saturated rings. The van der Waals surface area contributed by atoms with Crippen molar-refractivity contribution >= 4 is 17.8 Å². The van der Waals surface area contributed by atoms with Crippen LogP contribution in [0.1, 0.15) is 46.5 Å². The minimum Gasteiger partial charge on any atom is -0.461 e. The topological polar surface area (TPSA) is 96.4 Å². The van der Waals surface area contributed by atoms with Crippen LogP contribution in [0.4, 0.5) is 0 Å². The summed E-state index contributed by atoms with van der Waals surface area (Å²) in [6, 6.07) is -0.816. The molecule has 2 amide bonds. The van der Waals surface area contributed by atoms with E-state index >= 15 is 0 Å². The highest BCUT2D eigenvalue weighted by molar-refractivity contribution is 5.99. The van der Waals surface area contributed by atoms with E-state index in [-0.39, 0.29) is 25.0 Å². The number of nitrogens with zero attached hydrogens (tertiary/aromatic N) is 2. The third-order valence-electron chi connectivity index (χ3n) is 7.03. The average Bonchev–Trinajstić information content (AvgIpc) is 3.01. The van der Waals surface area contributed by atoms with Crippen LogP contribution in [-0.4, -0.2) is 82.3 Å². The van der Waals surface area contributed by atoms with Crippen molar-refractivity contribution in [1.29, 1.82) is 0 Å². The number of likely N-dealkylation sites (tertiary alicyclic amines) is 1. The van der Waals surface area contributed by atoms with E-state index in [0.29, 0.717) is 19.5 Å². The molecule has 1 N–H and O–H groups in total. The zero-order chi connectivity index (χ0) is 23.1. The predicted octanol–water partition coefficient (Wildman–Crippen LogP) is 1.43. The van der Waals surface area contributed by atoms with Gasteiger partial charge in [-0.05, 0) is 39.7 Å². The third kappa shape index (κ3) is 3.67. The van der Waals surface area contributed by atoms with E-state index in [9.17, 15) is 14.4 Å². The number of carbonyl (C=O) groups is 3. The molecule has 0 aromatic rings. The van der Waals surface area contributed by atoms with Crippen molar-refractivity contribution in [2.45, 2.75) is 69.7 Å². The van der Waals surface area contributed by atoms with Crippen LogP contribution >= 0.6 is 0 Å². The molecule has 4 aliphatic heterocycles. The molecule has 8 nitrogen and oxygen atoms in total. The maximum absolute atomic E-state index is 13.9. The molecule has 0 aromatic carbocycles. The van der Waals surface area contributed by atoms with Gasteiger partial charge in [0, 0.05) is 25.2 Å². The zero-order valence-electron chi connectivity index (χ0n) is 19.2. The summed E-state index contributed by atoms with van der Waals surface area (Å²) >= 11 is 0. The van der Waals surface area contributed by atoms with Crippen molar-refractivity contribution in [3.63, 3.8) is 0 Å². The number of aliphatic hydroxyl groups is 1. The van der Waals surface area contributed by atoms with Crippen LogP contribution in [0.3, 0.4) is 0 Å². The Balaban J connectivity index is 1.72. The highest BCUT2D eigenvalue weighted by Gasteiger charge is 2.72. The van der Waals surface area contributed by atoms with Crippen LogP contribution in [0.2, 0.25) is 0 Å². The van der Waals surface area contributed by atoms with Crippen molar-refractivity contribution in [1.82, 2.24) is 9.80 Å². The fraction of sp³-hybridized carbons (Fsp3) is 0.708. The molecule has 1 unspecified atom stereocenters. The molecule has 5 atom stereocenters. The van der Waals surface area contributed by atoms with Crippen LogP contribution in [0.5, 0.6) is 0 Å². The lowest BCUT2D eigenvalue weighted by Crippen LogP contribution is -2.58. The Kier molecular flexibility index (Phi) is 6.20. The number of aliphatic hydroxyl groups excluding tert-OH is 1. The van der Waals surface area contributed by atoms with E-state index in [2.05, 4.69) is 0 Å². The number of amides is 2. The summed E-state index contributed by atoms with van der Waals surface area (Å²) < 4.78 is 11.8. The maximum Gasteiger partial charge on any atom is 0.313 e. The average molecular weight is 447 g/mol. The number of ether oxygens (including phenoxy) is 2. The molecule has 32 heavy (non-hydrogen) atoms. The van der Waals surface area contributed by atoms with Crippen LogP contribution in [0, 0.1) is 11.8 Å². The molecule has 0 aliphatic carbocycles. The number of unbranched alkanes of at least 4 members (excludes halogenated alkanes) is 3. The van der Waals surface area contributed by atoms with Crippen molar-refractivity contribution in [2.24, 2.45) is 11.8 Å². The molecular formula is C24H34N2O6. The third-order valence-corrected chi connectivity index (χ3v) is 7.03. The van der Waals surface area contributed by atoms with Gasteiger partial charge in [-0.25, -0.2) is 0 Å². The van der Waals surface area contributed by atoms with E-state index in [0.717, 1.165) is 19.3 Å². The van der Waals surface area contributed by atoms with Crippen LogP contribution in [-0.2, 0) is 23.9 Å². The maximum atomic E-state index is 13.9. The van der Waals surface area contributed by atoms with Crippen LogP contribution in [0.15, 0.2) is 24.3 Å². The van der Waals surface area contributed by atoms with Crippen LogP contribution in [0.25, 0.3) is 0 Å². The van der Waals surface area contributed by atoms with E-state index in [1.165, 1.54) is 0 Å². The lowest BCUT2D eigenvalue weighted by Gasteiger charge is -2.40. The number of hydrogen-bond acceptors (Lipinski definition) is 6. The molecule has 2 saturated heterocycles. The Bertz CT molecular complexity index is 831. The number of esters is 1. The fourth-order valence-corrected chi connectivity index (χ4v) is 5.56. The van der Waals surface area contributed by atoms with Gasteiger partial charge in [0.15, 0.2) is 0 Å². The first-order valence-corrected chi connectivity index (χ1v) is 11.6. The lowest BCUT2D eigenvalue weighted by atomic mass is 9.78. The van der Waals surface area contributed by atoms with Gasteiger partial charge in [-0.15, -0.1) is 0 Å². The standard InChI is InChI=1S/C24H34N2O6/c1-23(2,3)26-13-9-11-24-18(17-16(32-24)10-8-15-31-22(17)30)20(28)25(19(24)21(26)29)12-6-4-5-7-14-27/h8-11,16-19,27H,4-7,12-15H2,1-3H3/t16-,17+,18-,19?,24-/m0/s1. The largest absolute Gasteiger partial charge is 0.461 e. The van der Waals surface area contributed by atoms with E-state index in [1.54, 1.807) is 22.0 Å². The Morgan fingerprint density at radius 3 is 2.56 bits per heavy atom. The Morgan fingerprint density at radius 2 is 1.84 bits per heavy atom. The lowest BCUT2D eigenvalue weighted by molar-refractivity contribution is -0.154. The summed E-state index contributed by atoms with van der Waals surface area (Å²) in [6.07, 6.45) is 9.83. The number of hydrogen-bond donors (Lipinski definition) is 1. The molecule has 4 rings (SSSR count). The molecular weight excluding hydrogens is 412 g/mol. The summed E-state index contributed by atoms with van der Waals surface area (Å²) in [4.78, 5) is 43.9. The van der Waals surface area contributed by atoms with E-state index in [4.69, 9.17) is 14.6 Å². The zero-order valence-corrected chi connectivity index (χ0v) is 19.2. The Labute approximate surface area is 189 Å². The predicted molar refractivity (Wildman–Crippen MR) is 116 cm³/mol. The highest BCUT2D eigenvalue weighted by atomic mass is 16.6. The van der Waals surface area contributed by atoms with Gasteiger partial charge in [-0.3, -0.25) is 14.4 Å². The van der Waals surface area contributed by atoms with Crippen molar-refractivity contribution < 1.29 is 29.0 Å². The fourth-order valence-electron chi connectivity index (χ4n) is 5.56. The molecule has 176 valence electrons. The summed E-state index contributed by atoms with van der Waals surface area (Å²) in [7, 11) is 0.